The smallest absolute Gasteiger partial charge is 0.253 e. The Hall–Kier alpha value is -2.14. The summed E-state index contributed by atoms with van der Waals surface area (Å²) in [6.07, 6.45) is 8.57. The number of nitrogens with one attached hydrogen (secondary N) is 2. The molecule has 0 radical (unpaired) electrons. The van der Waals surface area contributed by atoms with Gasteiger partial charge in [-0.15, -0.1) is 0 Å². The number of hydrogen-bond acceptors (Lipinski definition) is 2. The number of carbonyl (C=O) groups is 1. The zero-order valence-corrected chi connectivity index (χ0v) is 13.6. The highest BCUT2D eigenvalue weighted by atomic mass is 19.1. The van der Waals surface area contributed by atoms with Crippen molar-refractivity contribution >= 4 is 5.91 Å². The molecule has 24 heavy (non-hydrogen) atoms. The molecule has 4 nitrogen and oxygen atoms in total. The lowest BCUT2D eigenvalue weighted by Gasteiger charge is -2.24. The average Bonchev–Trinajstić information content (AvgIpc) is 2.97. The van der Waals surface area contributed by atoms with E-state index in [1.807, 2.05) is 0 Å². The topological polar surface area (TPSA) is 65.1 Å². The van der Waals surface area contributed by atoms with E-state index < -0.39 is 0 Å². The van der Waals surface area contributed by atoms with E-state index in [0.29, 0.717) is 5.56 Å². The minimum absolute atomic E-state index is 0.000896. The first-order valence-electron chi connectivity index (χ1n) is 8.53. The number of hydrogen-bond donors (Lipinski definition) is 3. The number of aromatic amines is 1. The van der Waals surface area contributed by atoms with E-state index in [0.717, 1.165) is 43.2 Å². The van der Waals surface area contributed by atoms with Crippen LogP contribution in [0.4, 0.5) is 4.39 Å². The number of aliphatic hydroxyl groups excluding tert-OH is 1. The van der Waals surface area contributed by atoms with Crippen LogP contribution in [0.1, 0.15) is 42.5 Å². The molecule has 1 saturated carbocycles. The minimum atomic E-state index is -0.301. The van der Waals surface area contributed by atoms with Crippen LogP contribution < -0.4 is 5.32 Å². The summed E-state index contributed by atoms with van der Waals surface area (Å²) in [4.78, 5) is 15.7. The first-order chi connectivity index (χ1) is 11.7. The third-order valence-electron chi connectivity index (χ3n) is 4.86. The van der Waals surface area contributed by atoms with Crippen molar-refractivity contribution in [3.05, 3.63) is 48.0 Å². The van der Waals surface area contributed by atoms with Crippen LogP contribution in [0.25, 0.3) is 11.1 Å². The van der Waals surface area contributed by atoms with Gasteiger partial charge >= 0.3 is 0 Å². The summed E-state index contributed by atoms with van der Waals surface area (Å²) < 4.78 is 13.1. The maximum absolute atomic E-state index is 13.1. The van der Waals surface area contributed by atoms with Crippen LogP contribution in [-0.4, -0.2) is 28.6 Å². The zero-order valence-electron chi connectivity index (χ0n) is 13.6. The van der Waals surface area contributed by atoms with E-state index in [1.54, 1.807) is 24.5 Å². The standard InChI is InChI=1S/C19H23FN2O2/c20-15-8-6-13(7-9-15)16-10-21-11-17(16)19(24)22-18-5-3-1-2-4-14(18)12-23/h6-11,14,18,21,23H,1-5,12H2,(H,22,24). The second kappa shape index (κ2) is 7.62. The molecule has 2 atom stereocenters. The van der Waals surface area contributed by atoms with Crippen molar-refractivity contribution in [3.63, 3.8) is 0 Å². The molecule has 0 saturated heterocycles. The van der Waals surface area contributed by atoms with Crippen molar-refractivity contribution in [3.8, 4) is 11.1 Å². The Morgan fingerprint density at radius 2 is 1.92 bits per heavy atom. The fraction of sp³-hybridized carbons (Fsp3) is 0.421. The highest BCUT2D eigenvalue weighted by Gasteiger charge is 2.26. The van der Waals surface area contributed by atoms with Gasteiger partial charge in [0.15, 0.2) is 0 Å². The molecule has 0 aliphatic heterocycles. The number of amides is 1. The van der Waals surface area contributed by atoms with Crippen molar-refractivity contribution in [2.45, 2.75) is 38.1 Å². The third-order valence-corrected chi connectivity index (χ3v) is 4.86. The second-order valence-electron chi connectivity index (χ2n) is 6.45. The maximum atomic E-state index is 13.1. The lowest BCUT2D eigenvalue weighted by molar-refractivity contribution is 0.0900. The van der Waals surface area contributed by atoms with Gasteiger partial charge in [0.1, 0.15) is 5.82 Å². The van der Waals surface area contributed by atoms with Gasteiger partial charge < -0.3 is 15.4 Å². The average molecular weight is 330 g/mol. The van der Waals surface area contributed by atoms with Gasteiger partial charge in [0.25, 0.3) is 5.91 Å². The summed E-state index contributed by atoms with van der Waals surface area (Å²) in [5.41, 5.74) is 2.09. The Bertz CT molecular complexity index is 681. The lowest BCUT2D eigenvalue weighted by atomic mass is 9.95. The molecule has 1 aromatic carbocycles. The molecule has 1 aliphatic rings. The van der Waals surface area contributed by atoms with E-state index in [9.17, 15) is 14.3 Å². The largest absolute Gasteiger partial charge is 0.396 e. The van der Waals surface area contributed by atoms with Crippen LogP contribution >= 0.6 is 0 Å². The van der Waals surface area contributed by atoms with Crippen LogP contribution in [0.15, 0.2) is 36.7 Å². The highest BCUT2D eigenvalue weighted by molar-refractivity contribution is 6.00. The first-order valence-corrected chi connectivity index (χ1v) is 8.53. The zero-order chi connectivity index (χ0) is 16.9. The predicted octanol–water partition coefficient (Wildman–Crippen LogP) is 3.49. The molecule has 1 heterocycles. The third kappa shape index (κ3) is 3.67. The molecule has 1 aliphatic carbocycles. The number of H-pyrrole nitrogens is 1. The Morgan fingerprint density at radius 1 is 1.17 bits per heavy atom. The number of aromatic nitrogens is 1. The number of benzene rings is 1. The summed E-state index contributed by atoms with van der Waals surface area (Å²) in [6.45, 7) is 0.100. The van der Waals surface area contributed by atoms with Gasteiger partial charge in [0.05, 0.1) is 5.56 Å². The molecule has 0 spiro atoms. The number of aliphatic hydroxyl groups is 1. The van der Waals surface area contributed by atoms with Gasteiger partial charge in [0.2, 0.25) is 0 Å². The van der Waals surface area contributed by atoms with Crippen molar-refractivity contribution < 1.29 is 14.3 Å². The van der Waals surface area contributed by atoms with Crippen LogP contribution in [0.2, 0.25) is 0 Å². The second-order valence-corrected chi connectivity index (χ2v) is 6.45. The van der Waals surface area contributed by atoms with Crippen molar-refractivity contribution in [1.82, 2.24) is 10.3 Å². The normalized spacial score (nSPS) is 21.2. The molecule has 3 rings (SSSR count). The number of halogens is 1. The molecule has 2 aromatic rings. The Morgan fingerprint density at radius 3 is 2.67 bits per heavy atom. The van der Waals surface area contributed by atoms with Crippen LogP contribution in [0.3, 0.4) is 0 Å². The number of rotatable bonds is 4. The maximum Gasteiger partial charge on any atom is 0.253 e. The molecule has 5 heteroatoms. The highest BCUT2D eigenvalue weighted by Crippen LogP contribution is 2.26. The fourth-order valence-electron chi connectivity index (χ4n) is 3.46. The van der Waals surface area contributed by atoms with Gasteiger partial charge in [-0.25, -0.2) is 4.39 Å². The van der Waals surface area contributed by atoms with Crippen molar-refractivity contribution in [1.29, 1.82) is 0 Å². The van der Waals surface area contributed by atoms with Gasteiger partial charge in [-0.05, 0) is 30.5 Å². The Kier molecular flexibility index (Phi) is 5.30. The van der Waals surface area contributed by atoms with Crippen LogP contribution in [0, 0.1) is 11.7 Å². The molecular weight excluding hydrogens is 307 g/mol. The van der Waals surface area contributed by atoms with E-state index in [-0.39, 0.29) is 30.3 Å². The fourth-order valence-corrected chi connectivity index (χ4v) is 3.46. The monoisotopic (exact) mass is 330 g/mol. The summed E-state index contributed by atoms with van der Waals surface area (Å²) in [6, 6.07) is 6.10. The van der Waals surface area contributed by atoms with E-state index in [4.69, 9.17) is 0 Å². The number of carbonyl (C=O) groups excluding carboxylic acids is 1. The molecule has 0 bridgehead atoms. The van der Waals surface area contributed by atoms with Gasteiger partial charge in [-0.2, -0.15) is 0 Å². The summed E-state index contributed by atoms with van der Waals surface area (Å²) in [7, 11) is 0. The van der Waals surface area contributed by atoms with Gasteiger partial charge in [0, 0.05) is 36.5 Å². The Labute approximate surface area is 141 Å². The van der Waals surface area contributed by atoms with Crippen molar-refractivity contribution in [2.75, 3.05) is 6.61 Å². The lowest BCUT2D eigenvalue weighted by Crippen LogP contribution is -2.41. The van der Waals surface area contributed by atoms with Crippen LogP contribution in [0.5, 0.6) is 0 Å². The summed E-state index contributed by atoms with van der Waals surface area (Å²) in [5, 5.41) is 12.7. The molecule has 1 amide bonds. The van der Waals surface area contributed by atoms with Gasteiger partial charge in [-0.1, -0.05) is 31.4 Å². The quantitative estimate of drug-likeness (QED) is 0.751. The molecule has 128 valence electrons. The molecule has 3 N–H and O–H groups in total. The summed E-state index contributed by atoms with van der Waals surface area (Å²) in [5.74, 6) is -0.338. The van der Waals surface area contributed by atoms with E-state index in [1.165, 1.54) is 12.1 Å². The van der Waals surface area contributed by atoms with E-state index >= 15 is 0 Å². The Balaban J connectivity index is 1.78. The first kappa shape index (κ1) is 16.7. The van der Waals surface area contributed by atoms with Crippen molar-refractivity contribution in [2.24, 2.45) is 5.92 Å². The predicted molar refractivity (Wildman–Crippen MR) is 91.1 cm³/mol. The molecule has 2 unspecified atom stereocenters. The minimum Gasteiger partial charge on any atom is -0.396 e. The molecular formula is C19H23FN2O2. The van der Waals surface area contributed by atoms with E-state index in [2.05, 4.69) is 10.3 Å². The SMILES string of the molecule is O=C(NC1CCCCCC1CO)c1c[nH]cc1-c1ccc(F)cc1. The van der Waals surface area contributed by atoms with Crippen LogP contribution in [-0.2, 0) is 0 Å². The van der Waals surface area contributed by atoms with Gasteiger partial charge in [-0.3, -0.25) is 4.79 Å². The summed E-state index contributed by atoms with van der Waals surface area (Å²) >= 11 is 0. The molecule has 1 fully saturated rings. The molecule has 1 aromatic heterocycles.